The molecule has 0 amide bonds. The third kappa shape index (κ3) is 4.89. The van der Waals surface area contributed by atoms with Crippen molar-refractivity contribution >= 4 is 5.71 Å². The van der Waals surface area contributed by atoms with Gasteiger partial charge in [-0.15, -0.1) is 0 Å². The Labute approximate surface area is 108 Å². The minimum atomic E-state index is 0.444. The van der Waals surface area contributed by atoms with Gasteiger partial charge in [0, 0.05) is 11.4 Å². The van der Waals surface area contributed by atoms with E-state index >= 15 is 0 Å². The molecule has 0 saturated carbocycles. The lowest BCUT2D eigenvalue weighted by Crippen LogP contribution is -2.07. The van der Waals surface area contributed by atoms with Crippen molar-refractivity contribution in [2.24, 2.45) is 22.7 Å². The third-order valence-electron chi connectivity index (χ3n) is 3.24. The highest BCUT2D eigenvalue weighted by Gasteiger charge is 2.12. The molecule has 0 saturated heterocycles. The van der Waals surface area contributed by atoms with Crippen molar-refractivity contribution < 1.29 is 0 Å². The molecule has 0 fully saturated rings. The summed E-state index contributed by atoms with van der Waals surface area (Å²) in [7, 11) is 0. The molecule has 0 radical (unpaired) electrons. The van der Waals surface area contributed by atoms with Gasteiger partial charge in [-0.2, -0.15) is 0 Å². The predicted molar refractivity (Wildman–Crippen MR) is 79.5 cm³/mol. The summed E-state index contributed by atoms with van der Waals surface area (Å²) in [5, 5.41) is 0. The molecule has 0 aliphatic heterocycles. The lowest BCUT2D eigenvalue weighted by molar-refractivity contribution is 0.719. The maximum Gasteiger partial charge on any atom is 0.0460 e. The first-order chi connectivity index (χ1) is 7.68. The largest absolute Gasteiger partial charge is 0.262 e. The zero-order valence-corrected chi connectivity index (χ0v) is 12.9. The Morgan fingerprint density at radius 3 is 1.59 bits per heavy atom. The maximum atomic E-state index is 4.81. The minimum absolute atomic E-state index is 0.444. The van der Waals surface area contributed by atoms with Crippen LogP contribution < -0.4 is 0 Å². The van der Waals surface area contributed by atoms with E-state index in [0.717, 1.165) is 0 Å². The molecule has 17 heavy (non-hydrogen) atoms. The molecule has 98 valence electrons. The summed E-state index contributed by atoms with van der Waals surface area (Å²) in [4.78, 5) is 4.81. The third-order valence-corrected chi connectivity index (χ3v) is 3.24. The Bertz CT molecular complexity index is 327. The molecule has 1 nitrogen and oxygen atoms in total. The van der Waals surface area contributed by atoms with Gasteiger partial charge < -0.3 is 0 Å². The molecule has 0 heterocycles. The molecule has 0 aromatic heterocycles. The quantitative estimate of drug-likeness (QED) is 0.456. The predicted octanol–water partition coefficient (Wildman–Crippen LogP) is 5.25. The first kappa shape index (κ1) is 16.1. The van der Waals surface area contributed by atoms with E-state index in [1.165, 1.54) is 22.6 Å². The van der Waals surface area contributed by atoms with E-state index in [0.29, 0.717) is 17.8 Å². The molecule has 0 unspecified atom stereocenters. The summed E-state index contributed by atoms with van der Waals surface area (Å²) in [6.45, 7) is 21.6. The van der Waals surface area contributed by atoms with Crippen molar-refractivity contribution in [3.8, 4) is 0 Å². The van der Waals surface area contributed by atoms with Gasteiger partial charge in [-0.05, 0) is 42.7 Å². The van der Waals surface area contributed by atoms with Gasteiger partial charge in [0.2, 0.25) is 0 Å². The monoisotopic (exact) mass is 235 g/mol. The highest BCUT2D eigenvalue weighted by atomic mass is 14.8. The van der Waals surface area contributed by atoms with Crippen LogP contribution in [-0.2, 0) is 0 Å². The van der Waals surface area contributed by atoms with Gasteiger partial charge in [-0.3, -0.25) is 4.99 Å². The number of hydrogen-bond donors (Lipinski definition) is 0. The van der Waals surface area contributed by atoms with E-state index in [1.807, 2.05) is 0 Å². The average Bonchev–Trinajstić information content (AvgIpc) is 2.22. The van der Waals surface area contributed by atoms with Gasteiger partial charge in [-0.1, -0.05) is 48.1 Å². The molecule has 0 aromatic rings. The fourth-order valence-electron chi connectivity index (χ4n) is 1.56. The second kappa shape index (κ2) is 6.78. The summed E-state index contributed by atoms with van der Waals surface area (Å²) in [5.74, 6) is 1.43. The Hall–Kier alpha value is -0.850. The Morgan fingerprint density at radius 1 is 0.824 bits per heavy atom. The van der Waals surface area contributed by atoms with E-state index in [1.54, 1.807) is 0 Å². The minimum Gasteiger partial charge on any atom is -0.262 e. The second-order valence-electron chi connectivity index (χ2n) is 5.75. The van der Waals surface area contributed by atoms with Crippen LogP contribution in [0.2, 0.25) is 0 Å². The summed E-state index contributed by atoms with van der Waals surface area (Å²) in [6.07, 6.45) is 0. The van der Waals surface area contributed by atoms with Crippen molar-refractivity contribution in [1.82, 2.24) is 0 Å². The van der Waals surface area contributed by atoms with Crippen molar-refractivity contribution in [1.29, 1.82) is 0 Å². The fourth-order valence-corrected chi connectivity index (χ4v) is 1.56. The van der Waals surface area contributed by atoms with Gasteiger partial charge in [-0.25, -0.2) is 0 Å². The molecule has 1 heteroatoms. The Morgan fingerprint density at radius 2 is 1.29 bits per heavy atom. The molecule has 0 aliphatic rings. The van der Waals surface area contributed by atoms with Gasteiger partial charge in [0.1, 0.15) is 0 Å². The normalized spacial score (nSPS) is 14.6. The van der Waals surface area contributed by atoms with Crippen LogP contribution in [-0.4, -0.2) is 5.71 Å². The topological polar surface area (TPSA) is 12.4 Å². The van der Waals surface area contributed by atoms with Crippen LogP contribution in [0.15, 0.2) is 28.4 Å². The Kier molecular flexibility index (Phi) is 6.44. The molecule has 0 atom stereocenters. The highest BCUT2D eigenvalue weighted by Crippen LogP contribution is 2.26. The van der Waals surface area contributed by atoms with Crippen molar-refractivity contribution in [2.45, 2.75) is 55.4 Å². The fraction of sp³-hybridized carbons (Fsp3) is 0.688. The molecular formula is C16H29N. The number of rotatable bonds is 5. The molecule has 0 N–H and O–H groups in total. The van der Waals surface area contributed by atoms with Crippen LogP contribution >= 0.6 is 0 Å². The first-order valence-corrected chi connectivity index (χ1v) is 6.63. The standard InChI is InChI=1S/C16H29N/c1-10(2)13(7)14(8)16(12(5)6)17-15(9)11(3)4/h10-12H,7H2,1-6,8-9H3/b16-14+,17-15+. The van der Waals surface area contributed by atoms with E-state index in [4.69, 9.17) is 4.99 Å². The number of aliphatic imine (C=N–C) groups is 1. The molecule has 0 spiro atoms. The van der Waals surface area contributed by atoms with Crippen LogP contribution in [0.4, 0.5) is 0 Å². The van der Waals surface area contributed by atoms with Gasteiger partial charge in [0.05, 0.1) is 0 Å². The first-order valence-electron chi connectivity index (χ1n) is 6.63. The number of hydrogen-bond acceptors (Lipinski definition) is 1. The number of allylic oxidation sites excluding steroid dienone is 3. The second-order valence-corrected chi connectivity index (χ2v) is 5.75. The average molecular weight is 235 g/mol. The van der Waals surface area contributed by atoms with Gasteiger partial charge in [0.15, 0.2) is 0 Å². The van der Waals surface area contributed by atoms with E-state index in [9.17, 15) is 0 Å². The van der Waals surface area contributed by atoms with Crippen LogP contribution in [0.25, 0.3) is 0 Å². The lowest BCUT2D eigenvalue weighted by atomic mass is 9.93. The smallest absolute Gasteiger partial charge is 0.0460 e. The van der Waals surface area contributed by atoms with Crippen LogP contribution in [0, 0.1) is 17.8 Å². The van der Waals surface area contributed by atoms with Crippen molar-refractivity contribution in [3.05, 3.63) is 23.4 Å². The van der Waals surface area contributed by atoms with E-state index < -0.39 is 0 Å². The zero-order chi connectivity index (χ0) is 13.7. The molecule has 0 aromatic carbocycles. The summed E-state index contributed by atoms with van der Waals surface area (Å²) in [6, 6.07) is 0. The molecule has 0 bridgehead atoms. The van der Waals surface area contributed by atoms with Crippen LogP contribution in [0.3, 0.4) is 0 Å². The van der Waals surface area contributed by atoms with Gasteiger partial charge in [0.25, 0.3) is 0 Å². The highest BCUT2D eigenvalue weighted by molar-refractivity contribution is 5.84. The van der Waals surface area contributed by atoms with E-state index in [-0.39, 0.29) is 0 Å². The molecule has 0 aliphatic carbocycles. The van der Waals surface area contributed by atoms with Gasteiger partial charge >= 0.3 is 0 Å². The summed E-state index contributed by atoms with van der Waals surface area (Å²) >= 11 is 0. The van der Waals surface area contributed by atoms with E-state index in [2.05, 4.69) is 62.0 Å². The number of nitrogens with zero attached hydrogens (tertiary/aromatic N) is 1. The lowest BCUT2D eigenvalue weighted by Gasteiger charge is -2.17. The molecule has 0 rings (SSSR count). The SMILES string of the molecule is C=C(/C(C)=C(/N=C(\C)C(C)C)C(C)C)C(C)C. The maximum absolute atomic E-state index is 4.81. The van der Waals surface area contributed by atoms with Crippen LogP contribution in [0.1, 0.15) is 55.4 Å². The summed E-state index contributed by atoms with van der Waals surface area (Å²) < 4.78 is 0. The Balaban J connectivity index is 5.45. The zero-order valence-electron chi connectivity index (χ0n) is 12.9. The summed E-state index contributed by atoms with van der Waals surface area (Å²) in [5.41, 5.74) is 4.85. The van der Waals surface area contributed by atoms with Crippen molar-refractivity contribution in [2.75, 3.05) is 0 Å². The van der Waals surface area contributed by atoms with Crippen LogP contribution in [0.5, 0.6) is 0 Å². The van der Waals surface area contributed by atoms with Crippen molar-refractivity contribution in [3.63, 3.8) is 0 Å². The molecular weight excluding hydrogens is 206 g/mol.